The second kappa shape index (κ2) is 9.93. The zero-order valence-electron chi connectivity index (χ0n) is 13.8. The van der Waals surface area contributed by atoms with Crippen molar-refractivity contribution in [3.63, 3.8) is 0 Å². The lowest BCUT2D eigenvalue weighted by molar-refractivity contribution is -0.139. The number of nitrogens with one attached hydrogen (secondary N) is 3. The number of amides is 3. The summed E-state index contributed by atoms with van der Waals surface area (Å²) in [5.74, 6) is -0.596. The summed E-state index contributed by atoms with van der Waals surface area (Å²) in [4.78, 5) is 30.3. The molecule has 142 valence electrons. The average Bonchev–Trinajstić information content (AvgIpc) is 3.05. The Labute approximate surface area is 144 Å². The molecule has 1 atom stereocenters. The van der Waals surface area contributed by atoms with Crippen molar-refractivity contribution < 1.29 is 31.7 Å². The Balaban J connectivity index is 2.65. The van der Waals surface area contributed by atoms with Crippen LogP contribution in [0.15, 0.2) is 12.3 Å². The van der Waals surface area contributed by atoms with Crippen molar-refractivity contribution in [2.75, 3.05) is 6.54 Å². The summed E-state index contributed by atoms with van der Waals surface area (Å²) in [5, 5.41) is 6.44. The van der Waals surface area contributed by atoms with Gasteiger partial charge in [0.15, 0.2) is 0 Å². The number of aromatic amines is 1. The molecular weight excluding hydrogens is 358 g/mol. The fourth-order valence-electron chi connectivity index (χ4n) is 1.97. The highest BCUT2D eigenvalue weighted by molar-refractivity contribution is 7.80. The van der Waals surface area contributed by atoms with E-state index in [4.69, 9.17) is 9.39 Å². The highest BCUT2D eigenvalue weighted by Gasteiger charge is 2.29. The predicted octanol–water partition coefficient (Wildman–Crippen LogP) is -0.108. The van der Waals surface area contributed by atoms with E-state index in [2.05, 4.69) is 20.0 Å². The summed E-state index contributed by atoms with van der Waals surface area (Å²) in [7, 11) is -4.85. The van der Waals surface area contributed by atoms with Gasteiger partial charge in [0, 0.05) is 12.7 Å². The van der Waals surface area contributed by atoms with Crippen molar-refractivity contribution in [1.82, 2.24) is 26.1 Å². The molecule has 0 spiro atoms. The van der Waals surface area contributed by atoms with Crippen molar-refractivity contribution in [1.29, 1.82) is 0 Å². The van der Waals surface area contributed by atoms with Crippen molar-refractivity contribution in [2.45, 2.75) is 39.3 Å². The Kier molecular flexibility index (Phi) is 8.27. The van der Waals surface area contributed by atoms with Gasteiger partial charge in [0.05, 0.1) is 5.69 Å². The highest BCUT2D eigenvalue weighted by atomic mass is 32.3. The van der Waals surface area contributed by atoms with Crippen molar-refractivity contribution in [3.05, 3.63) is 18.0 Å². The zero-order valence-corrected chi connectivity index (χ0v) is 14.6. The van der Waals surface area contributed by atoms with Crippen LogP contribution in [-0.2, 0) is 30.9 Å². The summed E-state index contributed by atoms with van der Waals surface area (Å²) in [6, 6.07) is -0.270. The molecule has 25 heavy (non-hydrogen) atoms. The standard InChI is InChI=1S/C12H21N5O7S/c1-3-5-10(11(18)15-23-8-9-6-7-13-14-9)17(4-2)12(19)16-24-25(20,21)22/h6-7,10H,3-5,8H2,1-2H3,(H,13,14)(H,15,18)(H,16,19)(H,20,21,22)/t10-/m0/s1. The number of rotatable bonds is 10. The molecule has 0 bridgehead atoms. The minimum atomic E-state index is -4.85. The van der Waals surface area contributed by atoms with Crippen LogP contribution < -0.4 is 11.0 Å². The van der Waals surface area contributed by atoms with Gasteiger partial charge in [0.2, 0.25) is 0 Å². The molecule has 1 rings (SSSR count). The minimum absolute atomic E-state index is 0.0261. The molecule has 3 amide bonds. The Morgan fingerprint density at radius 3 is 2.64 bits per heavy atom. The van der Waals surface area contributed by atoms with Crippen LogP contribution in [0.3, 0.4) is 0 Å². The number of hydrogen-bond donors (Lipinski definition) is 4. The van der Waals surface area contributed by atoms with E-state index in [9.17, 15) is 18.0 Å². The van der Waals surface area contributed by atoms with E-state index in [0.29, 0.717) is 18.5 Å². The van der Waals surface area contributed by atoms with E-state index < -0.39 is 28.4 Å². The minimum Gasteiger partial charge on any atom is -0.311 e. The van der Waals surface area contributed by atoms with Crippen LogP contribution in [0.5, 0.6) is 0 Å². The Bertz CT molecular complexity index is 649. The average molecular weight is 379 g/mol. The number of carbonyl (C=O) groups excluding carboxylic acids is 2. The van der Waals surface area contributed by atoms with E-state index in [1.54, 1.807) is 24.7 Å². The first kappa shape index (κ1) is 20.8. The van der Waals surface area contributed by atoms with E-state index in [1.165, 1.54) is 0 Å². The molecule has 0 aliphatic heterocycles. The Hall–Kier alpha value is -2.22. The number of hydroxylamine groups is 2. The lowest BCUT2D eigenvalue weighted by Crippen LogP contribution is -2.52. The predicted molar refractivity (Wildman–Crippen MR) is 83.8 cm³/mol. The van der Waals surface area contributed by atoms with E-state index in [0.717, 1.165) is 4.90 Å². The Morgan fingerprint density at radius 1 is 1.40 bits per heavy atom. The van der Waals surface area contributed by atoms with Gasteiger partial charge in [-0.15, -0.1) is 4.28 Å². The first-order chi connectivity index (χ1) is 11.8. The molecule has 1 aromatic rings. The number of H-pyrrole nitrogens is 1. The van der Waals surface area contributed by atoms with Gasteiger partial charge in [0.1, 0.15) is 12.6 Å². The number of aromatic nitrogens is 2. The monoisotopic (exact) mass is 379 g/mol. The van der Waals surface area contributed by atoms with Crippen LogP contribution in [0.25, 0.3) is 0 Å². The maximum atomic E-state index is 12.3. The molecule has 0 aromatic carbocycles. The van der Waals surface area contributed by atoms with Crippen LogP contribution in [0.1, 0.15) is 32.4 Å². The molecule has 0 aliphatic rings. The lowest BCUT2D eigenvalue weighted by atomic mass is 10.1. The topological polar surface area (TPSA) is 163 Å². The second-order valence-corrected chi connectivity index (χ2v) is 5.85. The lowest BCUT2D eigenvalue weighted by Gasteiger charge is -2.28. The number of carbonyl (C=O) groups is 2. The molecule has 0 saturated heterocycles. The molecule has 13 heteroatoms. The summed E-state index contributed by atoms with van der Waals surface area (Å²) in [5.41, 5.74) is 4.35. The van der Waals surface area contributed by atoms with Crippen LogP contribution in [0.2, 0.25) is 0 Å². The van der Waals surface area contributed by atoms with Crippen molar-refractivity contribution in [2.24, 2.45) is 0 Å². The quantitative estimate of drug-likeness (QED) is 0.323. The number of urea groups is 1. The van der Waals surface area contributed by atoms with Gasteiger partial charge in [-0.25, -0.2) is 10.3 Å². The molecule has 1 heterocycles. The third-order valence-electron chi connectivity index (χ3n) is 3.03. The zero-order chi connectivity index (χ0) is 18.9. The number of nitrogens with zero attached hydrogens (tertiary/aromatic N) is 2. The summed E-state index contributed by atoms with van der Waals surface area (Å²) in [6.45, 7) is 3.51. The third kappa shape index (κ3) is 7.47. The van der Waals surface area contributed by atoms with Crippen LogP contribution in [0, 0.1) is 0 Å². The van der Waals surface area contributed by atoms with Gasteiger partial charge in [-0.05, 0) is 19.4 Å². The van der Waals surface area contributed by atoms with Gasteiger partial charge in [-0.3, -0.25) is 19.3 Å². The maximum absolute atomic E-state index is 12.3. The SMILES string of the molecule is CCC[C@@H](C(=O)NOCc1cc[nH]n1)N(CC)C(=O)NOS(=O)(=O)O. The fourth-order valence-corrected chi connectivity index (χ4v) is 2.15. The summed E-state index contributed by atoms with van der Waals surface area (Å²) < 4.78 is 33.4. The van der Waals surface area contributed by atoms with E-state index in [-0.39, 0.29) is 13.2 Å². The number of hydrogen-bond acceptors (Lipinski definition) is 7. The van der Waals surface area contributed by atoms with Crippen molar-refractivity contribution >= 4 is 22.3 Å². The summed E-state index contributed by atoms with van der Waals surface area (Å²) >= 11 is 0. The molecule has 0 fully saturated rings. The molecule has 12 nitrogen and oxygen atoms in total. The van der Waals surface area contributed by atoms with Gasteiger partial charge in [0.25, 0.3) is 5.91 Å². The van der Waals surface area contributed by atoms with Crippen LogP contribution >= 0.6 is 0 Å². The van der Waals surface area contributed by atoms with Gasteiger partial charge >= 0.3 is 16.4 Å². The van der Waals surface area contributed by atoms with Gasteiger partial charge < -0.3 is 4.90 Å². The molecule has 0 unspecified atom stereocenters. The van der Waals surface area contributed by atoms with Crippen LogP contribution in [-0.4, -0.2) is 52.6 Å². The fraction of sp³-hybridized carbons (Fsp3) is 0.583. The van der Waals surface area contributed by atoms with Gasteiger partial charge in [-0.2, -0.15) is 19.0 Å². The summed E-state index contributed by atoms with van der Waals surface area (Å²) in [6.07, 6.45) is 2.46. The molecule has 0 aliphatic carbocycles. The van der Waals surface area contributed by atoms with E-state index >= 15 is 0 Å². The smallest absolute Gasteiger partial charge is 0.311 e. The molecule has 1 aromatic heterocycles. The number of likely N-dealkylation sites (N-methyl/N-ethyl adjacent to an activating group) is 1. The maximum Gasteiger partial charge on any atom is 0.418 e. The molecular formula is C12H21N5O7S. The Morgan fingerprint density at radius 2 is 2.12 bits per heavy atom. The van der Waals surface area contributed by atoms with Gasteiger partial charge in [-0.1, -0.05) is 13.3 Å². The van der Waals surface area contributed by atoms with Crippen LogP contribution in [0.4, 0.5) is 4.79 Å². The van der Waals surface area contributed by atoms with E-state index in [1.807, 2.05) is 6.92 Å². The molecule has 0 saturated carbocycles. The molecule has 0 radical (unpaired) electrons. The first-order valence-corrected chi connectivity index (χ1v) is 8.77. The second-order valence-electron chi connectivity index (χ2n) is 4.83. The first-order valence-electron chi connectivity index (χ1n) is 7.41. The molecule has 4 N–H and O–H groups in total. The third-order valence-corrected chi connectivity index (χ3v) is 3.32. The van der Waals surface area contributed by atoms with Crippen molar-refractivity contribution in [3.8, 4) is 0 Å². The largest absolute Gasteiger partial charge is 0.418 e. The highest BCUT2D eigenvalue weighted by Crippen LogP contribution is 2.09. The normalized spacial score (nSPS) is 12.4.